The Kier molecular flexibility index (Phi) is 5.67. The highest BCUT2D eigenvalue weighted by Crippen LogP contribution is 2.23. The summed E-state index contributed by atoms with van der Waals surface area (Å²) in [7, 11) is 3.76. The van der Waals surface area contributed by atoms with Crippen LogP contribution in [-0.4, -0.2) is 32.1 Å². The molecule has 0 bridgehead atoms. The fourth-order valence-corrected chi connectivity index (χ4v) is 1.90. The maximum Gasteiger partial charge on any atom is 0.122 e. The molecule has 1 aromatic carbocycles. The van der Waals surface area contributed by atoms with E-state index in [0.717, 1.165) is 25.3 Å². The van der Waals surface area contributed by atoms with Crippen molar-refractivity contribution >= 4 is 0 Å². The van der Waals surface area contributed by atoms with Gasteiger partial charge in [-0.1, -0.05) is 6.07 Å². The first-order chi connectivity index (χ1) is 8.58. The fourth-order valence-electron chi connectivity index (χ4n) is 1.90. The van der Waals surface area contributed by atoms with Gasteiger partial charge in [0.2, 0.25) is 0 Å². The minimum Gasteiger partial charge on any atom is -0.496 e. The van der Waals surface area contributed by atoms with Gasteiger partial charge in [0.05, 0.1) is 13.2 Å². The lowest BCUT2D eigenvalue weighted by atomic mass is 10.0. The summed E-state index contributed by atoms with van der Waals surface area (Å²) in [5.74, 6) is 0.965. The van der Waals surface area contributed by atoms with E-state index in [9.17, 15) is 0 Å². The number of ether oxygens (including phenoxy) is 1. The van der Waals surface area contributed by atoms with Crippen LogP contribution in [0.4, 0.5) is 0 Å². The number of likely N-dealkylation sites (N-methyl/N-ethyl adjacent to an activating group) is 1. The molecule has 0 spiro atoms. The van der Waals surface area contributed by atoms with Crippen molar-refractivity contribution < 1.29 is 4.74 Å². The third kappa shape index (κ3) is 4.05. The Labute approximate surface area is 110 Å². The molecule has 0 unspecified atom stereocenters. The molecule has 0 amide bonds. The summed E-state index contributed by atoms with van der Waals surface area (Å²) in [6, 6.07) is 6.47. The van der Waals surface area contributed by atoms with Gasteiger partial charge in [0.1, 0.15) is 5.75 Å². The monoisotopic (exact) mass is 246 g/mol. The number of benzene rings is 1. The van der Waals surface area contributed by atoms with Crippen LogP contribution in [0.1, 0.15) is 23.1 Å². The van der Waals surface area contributed by atoms with Crippen LogP contribution in [0.3, 0.4) is 0 Å². The van der Waals surface area contributed by atoms with Crippen LogP contribution in [-0.2, 0) is 6.42 Å². The van der Waals surface area contributed by atoms with Crippen LogP contribution in [0.2, 0.25) is 0 Å². The van der Waals surface area contributed by atoms with Crippen molar-refractivity contribution in [2.75, 3.05) is 27.2 Å². The van der Waals surface area contributed by atoms with E-state index in [0.29, 0.717) is 6.42 Å². The first kappa shape index (κ1) is 14.5. The zero-order chi connectivity index (χ0) is 13.5. The largest absolute Gasteiger partial charge is 0.496 e. The molecule has 0 aliphatic carbocycles. The molecule has 0 heterocycles. The Balaban J connectivity index is 2.67. The predicted octanol–water partition coefficient (Wildman–Crippen LogP) is 2.70. The van der Waals surface area contributed by atoms with Gasteiger partial charge in [0.25, 0.3) is 0 Å². The smallest absolute Gasteiger partial charge is 0.122 e. The Morgan fingerprint density at radius 2 is 1.89 bits per heavy atom. The lowest BCUT2D eigenvalue weighted by Crippen LogP contribution is -2.22. The average molecular weight is 246 g/mol. The summed E-state index contributed by atoms with van der Waals surface area (Å²) in [6.07, 6.45) is 1.53. The highest BCUT2D eigenvalue weighted by Gasteiger charge is 2.07. The second-order valence-electron chi connectivity index (χ2n) is 4.71. The number of nitrogens with zero attached hydrogens (tertiary/aromatic N) is 2. The first-order valence-corrected chi connectivity index (χ1v) is 6.28. The summed E-state index contributed by atoms with van der Waals surface area (Å²) in [5, 5.41) is 8.55. The average Bonchev–Trinajstić information content (AvgIpc) is 2.37. The third-order valence-corrected chi connectivity index (χ3v) is 3.26. The normalized spacial score (nSPS) is 10.4. The van der Waals surface area contributed by atoms with E-state index in [2.05, 4.69) is 36.9 Å². The van der Waals surface area contributed by atoms with Crippen LogP contribution in [0.25, 0.3) is 0 Å². The summed E-state index contributed by atoms with van der Waals surface area (Å²) < 4.78 is 5.42. The van der Waals surface area contributed by atoms with Gasteiger partial charge in [-0.15, -0.1) is 0 Å². The minimum atomic E-state index is 0.584. The van der Waals surface area contributed by atoms with Gasteiger partial charge >= 0.3 is 0 Å². The molecule has 0 aromatic heterocycles. The van der Waals surface area contributed by atoms with Gasteiger partial charge in [-0.25, -0.2) is 0 Å². The van der Waals surface area contributed by atoms with Crippen molar-refractivity contribution in [1.82, 2.24) is 4.90 Å². The maximum absolute atomic E-state index is 8.55. The Morgan fingerprint density at radius 1 is 1.22 bits per heavy atom. The predicted molar refractivity (Wildman–Crippen MR) is 73.9 cm³/mol. The highest BCUT2D eigenvalue weighted by molar-refractivity contribution is 5.41. The molecule has 0 N–H and O–H groups in total. The van der Waals surface area contributed by atoms with E-state index in [1.165, 1.54) is 16.7 Å². The molecule has 0 fully saturated rings. The molecule has 0 saturated heterocycles. The van der Waals surface area contributed by atoms with Crippen molar-refractivity contribution in [3.05, 3.63) is 28.8 Å². The lowest BCUT2D eigenvalue weighted by Gasteiger charge is -2.17. The Hall–Kier alpha value is -1.53. The molecule has 0 saturated carbocycles. The van der Waals surface area contributed by atoms with Crippen LogP contribution < -0.4 is 4.74 Å². The van der Waals surface area contributed by atoms with Gasteiger partial charge in [-0.05, 0) is 50.1 Å². The number of hydrogen-bond acceptors (Lipinski definition) is 3. The standard InChI is InChI=1S/C15H22N2O/c1-12-10-14(15(18-4)11-13(12)2)6-9-17(3)8-5-7-16/h10-11H,5-6,8-9H2,1-4H3. The molecular weight excluding hydrogens is 224 g/mol. The molecule has 0 radical (unpaired) electrons. The number of methoxy groups -OCH3 is 1. The molecule has 3 nitrogen and oxygen atoms in total. The fraction of sp³-hybridized carbons (Fsp3) is 0.533. The van der Waals surface area contributed by atoms with Crippen LogP contribution >= 0.6 is 0 Å². The summed E-state index contributed by atoms with van der Waals surface area (Å²) >= 11 is 0. The Bertz CT molecular complexity index is 435. The molecule has 0 aliphatic rings. The van der Waals surface area contributed by atoms with Gasteiger partial charge in [0, 0.05) is 19.5 Å². The Morgan fingerprint density at radius 3 is 2.50 bits per heavy atom. The minimum absolute atomic E-state index is 0.584. The molecule has 18 heavy (non-hydrogen) atoms. The summed E-state index contributed by atoms with van der Waals surface area (Å²) in [4.78, 5) is 2.18. The van der Waals surface area contributed by atoms with E-state index < -0.39 is 0 Å². The maximum atomic E-state index is 8.55. The van der Waals surface area contributed by atoms with E-state index in [1.54, 1.807) is 7.11 Å². The number of nitriles is 1. The van der Waals surface area contributed by atoms with Gasteiger partial charge in [0.15, 0.2) is 0 Å². The molecular formula is C15H22N2O. The number of aryl methyl sites for hydroxylation is 2. The number of hydrogen-bond donors (Lipinski definition) is 0. The molecule has 1 aromatic rings. The van der Waals surface area contributed by atoms with Gasteiger partial charge in [-0.2, -0.15) is 5.26 Å². The van der Waals surface area contributed by atoms with Crippen molar-refractivity contribution in [1.29, 1.82) is 5.26 Å². The summed E-state index contributed by atoms with van der Waals surface area (Å²) in [5.41, 5.74) is 3.79. The van der Waals surface area contributed by atoms with Crippen LogP contribution in [0, 0.1) is 25.2 Å². The van der Waals surface area contributed by atoms with Gasteiger partial charge < -0.3 is 9.64 Å². The molecule has 0 aliphatic heterocycles. The highest BCUT2D eigenvalue weighted by atomic mass is 16.5. The lowest BCUT2D eigenvalue weighted by molar-refractivity contribution is 0.342. The van der Waals surface area contributed by atoms with Crippen molar-refractivity contribution in [2.24, 2.45) is 0 Å². The summed E-state index contributed by atoms with van der Waals surface area (Å²) in [6.45, 7) is 5.99. The third-order valence-electron chi connectivity index (χ3n) is 3.26. The van der Waals surface area contributed by atoms with E-state index in [-0.39, 0.29) is 0 Å². The van der Waals surface area contributed by atoms with E-state index in [1.807, 2.05) is 7.05 Å². The second kappa shape index (κ2) is 7.03. The van der Waals surface area contributed by atoms with Gasteiger partial charge in [-0.3, -0.25) is 0 Å². The quantitative estimate of drug-likeness (QED) is 0.774. The second-order valence-corrected chi connectivity index (χ2v) is 4.71. The SMILES string of the molecule is COc1cc(C)c(C)cc1CCN(C)CCC#N. The molecule has 98 valence electrons. The number of rotatable bonds is 6. The van der Waals surface area contributed by atoms with Crippen LogP contribution in [0.15, 0.2) is 12.1 Å². The molecule has 3 heteroatoms. The van der Waals surface area contributed by atoms with Crippen LogP contribution in [0.5, 0.6) is 5.75 Å². The van der Waals surface area contributed by atoms with Crippen molar-refractivity contribution in [2.45, 2.75) is 26.7 Å². The molecule has 0 atom stereocenters. The zero-order valence-electron chi connectivity index (χ0n) is 11.8. The molecule has 1 rings (SSSR count). The van der Waals surface area contributed by atoms with E-state index >= 15 is 0 Å². The van der Waals surface area contributed by atoms with Crippen molar-refractivity contribution in [3.63, 3.8) is 0 Å². The van der Waals surface area contributed by atoms with Crippen molar-refractivity contribution in [3.8, 4) is 11.8 Å². The van der Waals surface area contributed by atoms with E-state index in [4.69, 9.17) is 10.00 Å². The topological polar surface area (TPSA) is 36.3 Å². The zero-order valence-corrected chi connectivity index (χ0v) is 11.8. The first-order valence-electron chi connectivity index (χ1n) is 6.28.